The molecule has 0 unspecified atom stereocenters. The molecule has 0 spiro atoms. The quantitative estimate of drug-likeness (QED) is 0.706. The summed E-state index contributed by atoms with van der Waals surface area (Å²) in [6, 6.07) is 3.15. The second kappa shape index (κ2) is 3.16. The Morgan fingerprint density at radius 2 is 2.23 bits per heavy atom. The molecule has 0 saturated heterocycles. The lowest BCUT2D eigenvalue weighted by atomic mass is 9.86. The highest BCUT2D eigenvalue weighted by Crippen LogP contribution is 2.31. The number of halogens is 2. The number of fused-ring (bicyclic) bond motifs is 1. The standard InChI is InChI=1S/C8H5BBrFO2/c10-6-1-2-7-5(8(6)11)3-4-9(12)13-7/h1-4,12H. The van der Waals surface area contributed by atoms with Crippen molar-refractivity contribution in [3.8, 4) is 5.75 Å². The molecule has 0 atom stereocenters. The van der Waals surface area contributed by atoms with E-state index in [2.05, 4.69) is 15.9 Å². The molecule has 0 bridgehead atoms. The maximum Gasteiger partial charge on any atom is 0.552 e. The minimum atomic E-state index is -0.979. The second-order valence-corrected chi connectivity index (χ2v) is 3.50. The molecule has 1 N–H and O–H groups in total. The van der Waals surface area contributed by atoms with Crippen LogP contribution < -0.4 is 4.65 Å². The van der Waals surface area contributed by atoms with Gasteiger partial charge in [0.2, 0.25) is 0 Å². The van der Waals surface area contributed by atoms with Crippen LogP contribution in [-0.4, -0.2) is 12.1 Å². The average molecular weight is 243 g/mol. The molecule has 0 aliphatic carbocycles. The number of benzene rings is 1. The van der Waals surface area contributed by atoms with Crippen LogP contribution in [0.1, 0.15) is 5.56 Å². The molecular formula is C8H5BBrFO2. The number of hydrogen-bond donors (Lipinski definition) is 1. The molecule has 13 heavy (non-hydrogen) atoms. The minimum absolute atomic E-state index is 0.357. The molecule has 0 fully saturated rings. The molecule has 5 heteroatoms. The van der Waals surface area contributed by atoms with Crippen LogP contribution >= 0.6 is 15.9 Å². The van der Waals surface area contributed by atoms with Gasteiger partial charge in [0, 0.05) is 0 Å². The Bertz CT molecular complexity index is 381. The largest absolute Gasteiger partial charge is 0.552 e. The highest BCUT2D eigenvalue weighted by molar-refractivity contribution is 9.10. The van der Waals surface area contributed by atoms with Crippen LogP contribution in [0.3, 0.4) is 0 Å². The molecule has 66 valence electrons. The first kappa shape index (κ1) is 8.78. The zero-order chi connectivity index (χ0) is 9.42. The molecule has 1 aliphatic rings. The summed E-state index contributed by atoms with van der Waals surface area (Å²) in [6.45, 7) is 0. The van der Waals surface area contributed by atoms with Gasteiger partial charge in [-0.1, -0.05) is 6.08 Å². The van der Waals surface area contributed by atoms with E-state index in [-0.39, 0.29) is 5.82 Å². The third-order valence-electron chi connectivity index (χ3n) is 1.77. The van der Waals surface area contributed by atoms with Gasteiger partial charge in [0.15, 0.2) is 0 Å². The summed E-state index contributed by atoms with van der Waals surface area (Å²) in [5.74, 6) is 1.37. The fourth-order valence-electron chi connectivity index (χ4n) is 1.15. The van der Waals surface area contributed by atoms with E-state index in [1.807, 2.05) is 0 Å². The van der Waals surface area contributed by atoms with Gasteiger partial charge >= 0.3 is 7.12 Å². The molecular weight excluding hydrogens is 238 g/mol. The summed E-state index contributed by atoms with van der Waals surface area (Å²) in [5, 5.41) is 9.07. The maximum absolute atomic E-state index is 13.4. The third kappa shape index (κ3) is 1.49. The molecule has 1 aliphatic heterocycles. The predicted octanol–water partition coefficient (Wildman–Crippen LogP) is 2.01. The molecule has 2 nitrogen and oxygen atoms in total. The molecule has 1 heterocycles. The van der Waals surface area contributed by atoms with Crippen LogP contribution in [0, 0.1) is 5.82 Å². The van der Waals surface area contributed by atoms with Gasteiger partial charge in [-0.15, -0.1) is 0 Å². The van der Waals surface area contributed by atoms with Crippen LogP contribution in [0.15, 0.2) is 22.6 Å². The summed E-state index contributed by atoms with van der Waals surface area (Å²) < 4.78 is 18.7. The zero-order valence-electron chi connectivity index (χ0n) is 6.50. The SMILES string of the molecule is OB1C=Cc2c(ccc(Br)c2F)O1. The third-order valence-corrected chi connectivity index (χ3v) is 2.38. The first-order valence-electron chi connectivity index (χ1n) is 3.69. The Kier molecular flexibility index (Phi) is 2.13. The fourth-order valence-corrected chi connectivity index (χ4v) is 1.50. The lowest BCUT2D eigenvalue weighted by Crippen LogP contribution is -2.22. The van der Waals surface area contributed by atoms with Gasteiger partial charge in [-0.25, -0.2) is 4.39 Å². The van der Waals surface area contributed by atoms with Crippen LogP contribution in [0.2, 0.25) is 0 Å². The van der Waals surface area contributed by atoms with Gasteiger partial charge < -0.3 is 9.68 Å². The molecule has 2 rings (SSSR count). The first-order chi connectivity index (χ1) is 6.18. The van der Waals surface area contributed by atoms with Crippen molar-refractivity contribution < 1.29 is 14.1 Å². The number of hydrogen-bond acceptors (Lipinski definition) is 2. The Balaban J connectivity index is 2.57. The fraction of sp³-hybridized carbons (Fsp3) is 0. The van der Waals surface area contributed by atoms with Crippen LogP contribution in [0.5, 0.6) is 5.75 Å². The summed E-state index contributed by atoms with van der Waals surface area (Å²) in [4.78, 5) is 0. The van der Waals surface area contributed by atoms with Crippen molar-refractivity contribution in [3.05, 3.63) is 34.0 Å². The summed E-state index contributed by atoms with van der Waals surface area (Å²) in [7, 11) is -0.979. The van der Waals surface area contributed by atoms with Crippen molar-refractivity contribution >= 4 is 29.1 Å². The van der Waals surface area contributed by atoms with Crippen LogP contribution in [0.4, 0.5) is 4.39 Å². The van der Waals surface area contributed by atoms with E-state index < -0.39 is 7.12 Å². The number of rotatable bonds is 0. The van der Waals surface area contributed by atoms with Gasteiger partial charge in [-0.3, -0.25) is 0 Å². The summed E-state index contributed by atoms with van der Waals surface area (Å²) >= 11 is 3.06. The minimum Gasteiger partial charge on any atom is -0.532 e. The Morgan fingerprint density at radius 1 is 1.46 bits per heavy atom. The highest BCUT2D eigenvalue weighted by Gasteiger charge is 2.21. The van der Waals surface area contributed by atoms with Crippen molar-refractivity contribution in [2.75, 3.05) is 0 Å². The van der Waals surface area contributed by atoms with Gasteiger partial charge in [0.1, 0.15) is 11.6 Å². The van der Waals surface area contributed by atoms with E-state index in [9.17, 15) is 4.39 Å². The predicted molar refractivity (Wildman–Crippen MR) is 51.7 cm³/mol. The van der Waals surface area contributed by atoms with E-state index >= 15 is 0 Å². The monoisotopic (exact) mass is 242 g/mol. The summed E-state index contributed by atoms with van der Waals surface area (Å²) in [6.07, 6.45) is 1.50. The first-order valence-corrected chi connectivity index (χ1v) is 4.49. The van der Waals surface area contributed by atoms with E-state index in [0.717, 1.165) is 0 Å². The van der Waals surface area contributed by atoms with Crippen molar-refractivity contribution in [1.29, 1.82) is 0 Å². The van der Waals surface area contributed by atoms with E-state index in [4.69, 9.17) is 9.68 Å². The van der Waals surface area contributed by atoms with Crippen molar-refractivity contribution in [2.24, 2.45) is 0 Å². The van der Waals surface area contributed by atoms with E-state index in [1.165, 1.54) is 12.1 Å². The lowest BCUT2D eigenvalue weighted by molar-refractivity contribution is 0.425. The molecule has 0 radical (unpaired) electrons. The Labute approximate surface area is 83.3 Å². The van der Waals surface area contributed by atoms with E-state index in [1.54, 1.807) is 12.1 Å². The topological polar surface area (TPSA) is 29.5 Å². The van der Waals surface area contributed by atoms with Gasteiger partial charge in [-0.05, 0) is 34.0 Å². The van der Waals surface area contributed by atoms with Gasteiger partial charge in [0.25, 0.3) is 0 Å². The Morgan fingerprint density at radius 3 is 3.00 bits per heavy atom. The van der Waals surface area contributed by atoms with Crippen molar-refractivity contribution in [2.45, 2.75) is 0 Å². The maximum atomic E-state index is 13.4. The lowest BCUT2D eigenvalue weighted by Gasteiger charge is -2.15. The van der Waals surface area contributed by atoms with Crippen LogP contribution in [0.25, 0.3) is 6.08 Å². The zero-order valence-corrected chi connectivity index (χ0v) is 8.08. The average Bonchev–Trinajstić information content (AvgIpc) is 2.12. The normalized spacial score (nSPS) is 13.9. The molecule has 1 aromatic rings. The van der Waals surface area contributed by atoms with Gasteiger partial charge in [-0.2, -0.15) is 0 Å². The van der Waals surface area contributed by atoms with Crippen molar-refractivity contribution in [1.82, 2.24) is 0 Å². The molecule has 0 amide bonds. The van der Waals surface area contributed by atoms with Crippen molar-refractivity contribution in [3.63, 3.8) is 0 Å². The molecule has 0 saturated carbocycles. The highest BCUT2D eigenvalue weighted by atomic mass is 79.9. The summed E-state index contributed by atoms with van der Waals surface area (Å²) in [5.41, 5.74) is 0.361. The molecule has 1 aromatic carbocycles. The van der Waals surface area contributed by atoms with Crippen LogP contribution in [-0.2, 0) is 0 Å². The van der Waals surface area contributed by atoms with E-state index in [0.29, 0.717) is 15.8 Å². The molecule has 0 aromatic heterocycles. The Hall–Kier alpha value is -0.805. The van der Waals surface area contributed by atoms with Gasteiger partial charge in [0.05, 0.1) is 10.0 Å². The smallest absolute Gasteiger partial charge is 0.532 e. The second-order valence-electron chi connectivity index (χ2n) is 2.64.